The molecule has 1 atom stereocenters. The van der Waals surface area contributed by atoms with Crippen LogP contribution in [0.3, 0.4) is 0 Å². The summed E-state index contributed by atoms with van der Waals surface area (Å²) >= 11 is 0. The predicted molar refractivity (Wildman–Crippen MR) is 68.4 cm³/mol. The Morgan fingerprint density at radius 1 is 1.39 bits per heavy atom. The van der Waals surface area contributed by atoms with Gasteiger partial charge in [0, 0.05) is 18.6 Å². The first kappa shape index (κ1) is 11.8. The molecule has 0 bridgehead atoms. The Labute approximate surface area is 107 Å². The highest BCUT2D eigenvalue weighted by molar-refractivity contribution is 5.91. The summed E-state index contributed by atoms with van der Waals surface area (Å²) < 4.78 is 5.23. The van der Waals surface area contributed by atoms with Crippen LogP contribution in [0.4, 0.5) is 0 Å². The average Bonchev–Trinajstić information content (AvgIpc) is 3.10. The van der Waals surface area contributed by atoms with Gasteiger partial charge in [-0.2, -0.15) is 0 Å². The van der Waals surface area contributed by atoms with Crippen LogP contribution in [0.15, 0.2) is 22.8 Å². The maximum atomic E-state index is 12.4. The quantitative estimate of drug-likeness (QED) is 0.886. The largest absolute Gasteiger partial charge is 0.459 e. The Morgan fingerprint density at radius 3 is 2.89 bits per heavy atom. The summed E-state index contributed by atoms with van der Waals surface area (Å²) in [6.07, 6.45) is 7.54. The summed E-state index contributed by atoms with van der Waals surface area (Å²) in [5.41, 5.74) is 0. The average molecular weight is 248 g/mol. The third kappa shape index (κ3) is 2.58. The van der Waals surface area contributed by atoms with Crippen molar-refractivity contribution >= 4 is 5.91 Å². The van der Waals surface area contributed by atoms with Crippen molar-refractivity contribution in [1.29, 1.82) is 0 Å². The Balaban J connectivity index is 1.66. The van der Waals surface area contributed by atoms with Gasteiger partial charge in [-0.1, -0.05) is 6.42 Å². The van der Waals surface area contributed by atoms with Gasteiger partial charge in [0.15, 0.2) is 5.76 Å². The maximum absolute atomic E-state index is 12.4. The maximum Gasteiger partial charge on any atom is 0.289 e. The Morgan fingerprint density at radius 2 is 2.28 bits per heavy atom. The van der Waals surface area contributed by atoms with Crippen LogP contribution in [0.1, 0.15) is 42.7 Å². The van der Waals surface area contributed by atoms with Gasteiger partial charge in [-0.25, -0.2) is 0 Å². The van der Waals surface area contributed by atoms with E-state index in [0.29, 0.717) is 17.8 Å². The number of furan rings is 1. The van der Waals surface area contributed by atoms with Gasteiger partial charge < -0.3 is 14.6 Å². The lowest BCUT2D eigenvalue weighted by Gasteiger charge is -2.30. The Hall–Kier alpha value is -1.29. The molecule has 2 aliphatic rings. The van der Waals surface area contributed by atoms with Gasteiger partial charge in [-0.15, -0.1) is 0 Å². The predicted octanol–water partition coefficient (Wildman–Crippen LogP) is 2.03. The topological polar surface area (TPSA) is 45.5 Å². The van der Waals surface area contributed by atoms with E-state index >= 15 is 0 Å². The number of nitrogens with one attached hydrogen (secondary N) is 1. The minimum atomic E-state index is 0.0508. The van der Waals surface area contributed by atoms with Crippen LogP contribution in [-0.4, -0.2) is 36.0 Å². The van der Waals surface area contributed by atoms with Gasteiger partial charge in [0.2, 0.25) is 0 Å². The first-order valence-corrected chi connectivity index (χ1v) is 6.92. The molecule has 2 heterocycles. The monoisotopic (exact) mass is 248 g/mol. The van der Waals surface area contributed by atoms with Crippen LogP contribution in [0.25, 0.3) is 0 Å². The fraction of sp³-hybridized carbons (Fsp3) is 0.643. The standard InChI is InChI=1S/C14H20N2O2/c17-14(13-5-3-9-18-13)16(12-6-7-12)10-11-4-1-2-8-15-11/h3,5,9,11-12,15H,1-2,4,6-8,10H2. The molecule has 1 aliphatic carbocycles. The van der Waals surface area contributed by atoms with Gasteiger partial charge in [-0.3, -0.25) is 4.79 Å². The molecule has 2 fully saturated rings. The molecular weight excluding hydrogens is 228 g/mol. The Kier molecular flexibility index (Phi) is 3.37. The molecule has 1 aromatic heterocycles. The molecule has 1 saturated carbocycles. The van der Waals surface area contributed by atoms with E-state index in [2.05, 4.69) is 5.32 Å². The van der Waals surface area contributed by atoms with Crippen molar-refractivity contribution in [3.8, 4) is 0 Å². The van der Waals surface area contributed by atoms with Crippen LogP contribution in [0.5, 0.6) is 0 Å². The van der Waals surface area contributed by atoms with E-state index in [9.17, 15) is 4.79 Å². The molecule has 1 amide bonds. The van der Waals surface area contributed by atoms with E-state index in [0.717, 1.165) is 25.9 Å². The van der Waals surface area contributed by atoms with Crippen molar-refractivity contribution in [2.24, 2.45) is 0 Å². The second-order valence-electron chi connectivity index (χ2n) is 5.31. The molecule has 98 valence electrons. The fourth-order valence-electron chi connectivity index (χ4n) is 2.64. The number of hydrogen-bond donors (Lipinski definition) is 1. The molecule has 0 spiro atoms. The molecule has 1 aromatic rings. The third-order valence-corrected chi connectivity index (χ3v) is 3.81. The zero-order chi connectivity index (χ0) is 12.4. The number of carbonyl (C=O) groups is 1. The zero-order valence-electron chi connectivity index (χ0n) is 10.6. The minimum absolute atomic E-state index is 0.0508. The van der Waals surface area contributed by atoms with Crippen molar-refractivity contribution in [2.75, 3.05) is 13.1 Å². The van der Waals surface area contributed by atoms with Gasteiger partial charge in [-0.05, 0) is 44.4 Å². The lowest BCUT2D eigenvalue weighted by Crippen LogP contribution is -2.46. The van der Waals surface area contributed by atoms with E-state index < -0.39 is 0 Å². The highest BCUT2D eigenvalue weighted by Crippen LogP contribution is 2.29. The normalized spacial score (nSPS) is 23.9. The number of carbonyl (C=O) groups excluding carboxylic acids is 1. The summed E-state index contributed by atoms with van der Waals surface area (Å²) in [7, 11) is 0. The van der Waals surface area contributed by atoms with E-state index in [1.54, 1.807) is 18.4 Å². The second-order valence-corrected chi connectivity index (χ2v) is 5.31. The van der Waals surface area contributed by atoms with Crippen LogP contribution >= 0.6 is 0 Å². The number of hydrogen-bond acceptors (Lipinski definition) is 3. The number of rotatable bonds is 4. The highest BCUT2D eigenvalue weighted by atomic mass is 16.3. The molecule has 18 heavy (non-hydrogen) atoms. The summed E-state index contributed by atoms with van der Waals surface area (Å²) in [5, 5.41) is 3.51. The molecule has 4 nitrogen and oxygen atoms in total. The third-order valence-electron chi connectivity index (χ3n) is 3.81. The van der Waals surface area contributed by atoms with Gasteiger partial charge in [0.1, 0.15) is 0 Å². The van der Waals surface area contributed by atoms with Crippen LogP contribution in [-0.2, 0) is 0 Å². The molecular formula is C14H20N2O2. The highest BCUT2D eigenvalue weighted by Gasteiger charge is 2.35. The van der Waals surface area contributed by atoms with Gasteiger partial charge >= 0.3 is 0 Å². The van der Waals surface area contributed by atoms with Crippen molar-refractivity contribution in [3.05, 3.63) is 24.2 Å². The van der Waals surface area contributed by atoms with E-state index in [1.807, 2.05) is 4.90 Å². The second kappa shape index (κ2) is 5.14. The molecule has 1 aliphatic heterocycles. The lowest BCUT2D eigenvalue weighted by molar-refractivity contribution is 0.0685. The van der Waals surface area contributed by atoms with E-state index in [1.165, 1.54) is 19.3 Å². The molecule has 1 saturated heterocycles. The first-order chi connectivity index (χ1) is 8.84. The van der Waals surface area contributed by atoms with E-state index in [-0.39, 0.29) is 5.91 Å². The number of amides is 1. The molecule has 0 aromatic carbocycles. The smallest absolute Gasteiger partial charge is 0.289 e. The van der Waals surface area contributed by atoms with Crippen LogP contribution < -0.4 is 5.32 Å². The molecule has 1 unspecified atom stereocenters. The van der Waals surface area contributed by atoms with Crippen molar-refractivity contribution in [2.45, 2.75) is 44.2 Å². The van der Waals surface area contributed by atoms with Gasteiger partial charge in [0.05, 0.1) is 6.26 Å². The SMILES string of the molecule is O=C(c1ccco1)N(CC1CCCCN1)C1CC1. The Bertz CT molecular complexity index is 392. The van der Waals surface area contributed by atoms with E-state index in [4.69, 9.17) is 4.42 Å². The van der Waals surface area contributed by atoms with Crippen LogP contribution in [0.2, 0.25) is 0 Å². The molecule has 0 radical (unpaired) electrons. The summed E-state index contributed by atoms with van der Waals surface area (Å²) in [6, 6.07) is 4.42. The van der Waals surface area contributed by atoms with Crippen molar-refractivity contribution in [1.82, 2.24) is 10.2 Å². The lowest BCUT2D eigenvalue weighted by atomic mass is 10.0. The number of nitrogens with zero attached hydrogens (tertiary/aromatic N) is 1. The van der Waals surface area contributed by atoms with Crippen LogP contribution in [0, 0.1) is 0 Å². The number of piperidine rings is 1. The fourth-order valence-corrected chi connectivity index (χ4v) is 2.64. The van der Waals surface area contributed by atoms with Crippen molar-refractivity contribution in [3.63, 3.8) is 0 Å². The first-order valence-electron chi connectivity index (χ1n) is 6.92. The minimum Gasteiger partial charge on any atom is -0.459 e. The summed E-state index contributed by atoms with van der Waals surface area (Å²) in [6.45, 7) is 1.91. The molecule has 3 rings (SSSR count). The molecule has 4 heteroatoms. The van der Waals surface area contributed by atoms with Gasteiger partial charge in [0.25, 0.3) is 5.91 Å². The summed E-state index contributed by atoms with van der Waals surface area (Å²) in [5.74, 6) is 0.521. The summed E-state index contributed by atoms with van der Waals surface area (Å²) in [4.78, 5) is 14.4. The van der Waals surface area contributed by atoms with Crippen molar-refractivity contribution < 1.29 is 9.21 Å². The zero-order valence-corrected chi connectivity index (χ0v) is 10.6. The molecule has 1 N–H and O–H groups in total.